The van der Waals surface area contributed by atoms with Crippen molar-refractivity contribution in [3.8, 4) is 11.3 Å². The summed E-state index contributed by atoms with van der Waals surface area (Å²) in [5, 5.41) is 16.8. The molecule has 0 unspecified atom stereocenters. The Morgan fingerprint density at radius 2 is 1.89 bits per heavy atom. The molecule has 0 saturated carbocycles. The minimum atomic E-state index is -3.39. The van der Waals surface area contributed by atoms with Gasteiger partial charge in [-0.15, -0.1) is 0 Å². The van der Waals surface area contributed by atoms with Crippen LogP contribution in [0, 0.1) is 10.1 Å². The lowest BCUT2D eigenvalue weighted by molar-refractivity contribution is -0.384. The van der Waals surface area contributed by atoms with Crippen molar-refractivity contribution in [2.45, 2.75) is 4.90 Å². The molecule has 0 aliphatic heterocycles. The second kappa shape index (κ2) is 4.22. The summed E-state index contributed by atoms with van der Waals surface area (Å²) in [4.78, 5) is 10.1. The van der Waals surface area contributed by atoms with Crippen LogP contribution in [0.1, 0.15) is 0 Å². The van der Waals surface area contributed by atoms with Crippen molar-refractivity contribution in [1.82, 2.24) is 10.2 Å². The number of benzene rings is 1. The Balaban J connectivity index is 2.50. The molecule has 1 aromatic carbocycles. The van der Waals surface area contributed by atoms with E-state index < -0.39 is 14.8 Å². The van der Waals surface area contributed by atoms with Gasteiger partial charge in [0, 0.05) is 24.0 Å². The molecule has 0 aliphatic carbocycles. The highest BCUT2D eigenvalue weighted by atomic mass is 32.2. The first kappa shape index (κ1) is 12.2. The smallest absolute Gasteiger partial charge is 0.269 e. The lowest BCUT2D eigenvalue weighted by Crippen LogP contribution is -1.97. The fraction of sp³-hybridized carbons (Fsp3) is 0.100. The molecule has 0 spiro atoms. The minimum Gasteiger partial charge on any atom is -0.276 e. The third kappa shape index (κ3) is 2.23. The van der Waals surface area contributed by atoms with E-state index in [0.29, 0.717) is 11.3 Å². The SMILES string of the molecule is CS(=O)(=O)c1cn[nH]c1-c1ccc([N+](=O)[O-])cc1. The quantitative estimate of drug-likeness (QED) is 0.668. The summed E-state index contributed by atoms with van der Waals surface area (Å²) in [7, 11) is -3.39. The van der Waals surface area contributed by atoms with Crippen molar-refractivity contribution < 1.29 is 13.3 Å². The Morgan fingerprint density at radius 3 is 2.39 bits per heavy atom. The number of aromatic amines is 1. The highest BCUT2D eigenvalue weighted by Crippen LogP contribution is 2.26. The number of nitro groups is 1. The summed E-state index contributed by atoms with van der Waals surface area (Å²) in [5.74, 6) is 0. The second-order valence-corrected chi connectivity index (χ2v) is 5.67. The monoisotopic (exact) mass is 267 g/mol. The van der Waals surface area contributed by atoms with Crippen molar-refractivity contribution in [3.63, 3.8) is 0 Å². The molecule has 94 valence electrons. The molecule has 1 N–H and O–H groups in total. The number of non-ortho nitro benzene ring substituents is 1. The zero-order chi connectivity index (χ0) is 13.3. The van der Waals surface area contributed by atoms with E-state index in [2.05, 4.69) is 10.2 Å². The first-order chi connectivity index (χ1) is 8.39. The Hall–Kier alpha value is -2.22. The van der Waals surface area contributed by atoms with Crippen LogP contribution in [0.4, 0.5) is 5.69 Å². The van der Waals surface area contributed by atoms with Gasteiger partial charge in [-0.25, -0.2) is 8.42 Å². The molecule has 8 heteroatoms. The lowest BCUT2D eigenvalue weighted by Gasteiger charge is -2.01. The number of sulfone groups is 1. The molecular formula is C10H9N3O4S. The van der Waals surface area contributed by atoms with E-state index >= 15 is 0 Å². The summed E-state index contributed by atoms with van der Waals surface area (Å²) in [6, 6.07) is 5.56. The van der Waals surface area contributed by atoms with Gasteiger partial charge in [-0.05, 0) is 12.1 Å². The summed E-state index contributed by atoms with van der Waals surface area (Å²) < 4.78 is 23.0. The van der Waals surface area contributed by atoms with Gasteiger partial charge in [-0.1, -0.05) is 0 Å². The van der Waals surface area contributed by atoms with Crippen molar-refractivity contribution in [2.75, 3.05) is 6.26 Å². The number of rotatable bonds is 3. The standard InChI is InChI=1S/C10H9N3O4S/c1-18(16,17)9-6-11-12-10(9)7-2-4-8(5-3-7)13(14)15/h2-6H,1H3,(H,11,12). The molecule has 2 aromatic rings. The predicted molar refractivity (Wildman–Crippen MR) is 63.8 cm³/mol. The van der Waals surface area contributed by atoms with Gasteiger partial charge in [0.15, 0.2) is 9.84 Å². The van der Waals surface area contributed by atoms with Crippen molar-refractivity contribution in [3.05, 3.63) is 40.6 Å². The second-order valence-electron chi connectivity index (χ2n) is 3.69. The summed E-state index contributed by atoms with van der Waals surface area (Å²) in [6.45, 7) is 0. The summed E-state index contributed by atoms with van der Waals surface area (Å²) >= 11 is 0. The van der Waals surface area contributed by atoms with Crippen molar-refractivity contribution in [2.24, 2.45) is 0 Å². The number of nitrogens with one attached hydrogen (secondary N) is 1. The first-order valence-corrected chi connectivity index (χ1v) is 6.77. The molecule has 1 aromatic heterocycles. The van der Waals surface area contributed by atoms with Crippen LogP contribution in [0.25, 0.3) is 11.3 Å². The molecule has 1 heterocycles. The molecule has 18 heavy (non-hydrogen) atoms. The van der Waals surface area contributed by atoms with Crippen LogP contribution >= 0.6 is 0 Å². The van der Waals surface area contributed by atoms with E-state index in [0.717, 1.165) is 6.26 Å². The third-order valence-corrected chi connectivity index (χ3v) is 3.48. The fourth-order valence-corrected chi connectivity index (χ4v) is 2.29. The van der Waals surface area contributed by atoms with Gasteiger partial charge in [0.1, 0.15) is 4.90 Å². The van der Waals surface area contributed by atoms with Gasteiger partial charge >= 0.3 is 0 Å². The first-order valence-electron chi connectivity index (χ1n) is 4.88. The van der Waals surface area contributed by atoms with Gasteiger partial charge in [-0.2, -0.15) is 5.10 Å². The van der Waals surface area contributed by atoms with Crippen LogP contribution in [0.3, 0.4) is 0 Å². The van der Waals surface area contributed by atoms with Crippen LogP contribution in [0.2, 0.25) is 0 Å². The van der Waals surface area contributed by atoms with Crippen LogP contribution < -0.4 is 0 Å². The highest BCUT2D eigenvalue weighted by Gasteiger charge is 2.17. The van der Waals surface area contributed by atoms with Gasteiger partial charge < -0.3 is 0 Å². The van der Waals surface area contributed by atoms with Gasteiger partial charge in [-0.3, -0.25) is 15.2 Å². The van der Waals surface area contributed by atoms with Crippen LogP contribution in [0.5, 0.6) is 0 Å². The number of nitrogens with zero attached hydrogens (tertiary/aromatic N) is 2. The lowest BCUT2D eigenvalue weighted by atomic mass is 10.1. The molecule has 0 amide bonds. The third-order valence-electron chi connectivity index (χ3n) is 2.37. The van der Waals surface area contributed by atoms with Gasteiger partial charge in [0.25, 0.3) is 5.69 Å². The zero-order valence-corrected chi connectivity index (χ0v) is 10.1. The average molecular weight is 267 g/mol. The zero-order valence-electron chi connectivity index (χ0n) is 9.32. The highest BCUT2D eigenvalue weighted by molar-refractivity contribution is 7.90. The maximum Gasteiger partial charge on any atom is 0.269 e. The predicted octanol–water partition coefficient (Wildman–Crippen LogP) is 1.39. The maximum atomic E-state index is 11.5. The number of hydrogen-bond acceptors (Lipinski definition) is 5. The number of hydrogen-bond donors (Lipinski definition) is 1. The Kier molecular flexibility index (Phi) is 2.87. The largest absolute Gasteiger partial charge is 0.276 e. The van der Waals surface area contributed by atoms with E-state index in [1.54, 1.807) is 0 Å². The van der Waals surface area contributed by atoms with Crippen LogP contribution in [-0.2, 0) is 9.84 Å². The van der Waals surface area contributed by atoms with Crippen LogP contribution in [0.15, 0.2) is 35.4 Å². The summed E-state index contributed by atoms with van der Waals surface area (Å²) in [5.41, 5.74) is 0.796. The Bertz CT molecular complexity index is 688. The van der Waals surface area contributed by atoms with E-state index in [9.17, 15) is 18.5 Å². The molecule has 0 bridgehead atoms. The van der Waals surface area contributed by atoms with Crippen LogP contribution in [-0.4, -0.2) is 29.8 Å². The normalized spacial score (nSPS) is 11.4. The molecule has 0 fully saturated rings. The molecule has 0 atom stereocenters. The topological polar surface area (TPSA) is 106 Å². The maximum absolute atomic E-state index is 11.5. The average Bonchev–Trinajstić information content (AvgIpc) is 2.77. The van der Waals surface area contributed by atoms with E-state index in [1.807, 2.05) is 0 Å². The van der Waals surface area contributed by atoms with Crippen molar-refractivity contribution >= 4 is 15.5 Å². The van der Waals surface area contributed by atoms with Gasteiger partial charge in [0.05, 0.1) is 16.8 Å². The van der Waals surface area contributed by atoms with E-state index in [4.69, 9.17) is 0 Å². The van der Waals surface area contributed by atoms with E-state index in [1.165, 1.54) is 30.5 Å². The molecule has 0 radical (unpaired) electrons. The molecule has 2 rings (SSSR count). The number of H-pyrrole nitrogens is 1. The Morgan fingerprint density at radius 1 is 1.28 bits per heavy atom. The number of nitro benzene ring substituents is 1. The number of aromatic nitrogens is 2. The fourth-order valence-electron chi connectivity index (χ4n) is 1.51. The Labute approximate surface area is 103 Å². The van der Waals surface area contributed by atoms with Crippen molar-refractivity contribution in [1.29, 1.82) is 0 Å². The van der Waals surface area contributed by atoms with Gasteiger partial charge in [0.2, 0.25) is 0 Å². The minimum absolute atomic E-state index is 0.0563. The molecule has 0 aliphatic rings. The van der Waals surface area contributed by atoms with E-state index in [-0.39, 0.29) is 10.6 Å². The molecule has 7 nitrogen and oxygen atoms in total. The molecule has 0 saturated heterocycles. The molecular weight excluding hydrogens is 258 g/mol. The summed E-state index contributed by atoms with van der Waals surface area (Å²) in [6.07, 6.45) is 2.29.